The summed E-state index contributed by atoms with van der Waals surface area (Å²) in [6.07, 6.45) is -0.779. The van der Waals surface area contributed by atoms with Crippen LogP contribution in [-0.4, -0.2) is 52.9 Å². The number of rotatable bonds is 5. The highest BCUT2D eigenvalue weighted by atomic mass is 16.6. The number of ether oxygens (including phenoxy) is 3. The van der Waals surface area contributed by atoms with E-state index in [1.807, 2.05) is 0 Å². The number of hydrogen-bond donors (Lipinski definition) is 1. The van der Waals surface area contributed by atoms with Gasteiger partial charge in [0.1, 0.15) is 18.5 Å². The van der Waals surface area contributed by atoms with Gasteiger partial charge in [-0.2, -0.15) is 4.98 Å². The Bertz CT molecular complexity index is 717. The molecule has 1 aromatic rings. The van der Waals surface area contributed by atoms with Crippen LogP contribution in [0.3, 0.4) is 0 Å². The van der Waals surface area contributed by atoms with E-state index in [-0.39, 0.29) is 18.8 Å². The van der Waals surface area contributed by atoms with Crippen molar-refractivity contribution in [1.82, 2.24) is 9.97 Å². The summed E-state index contributed by atoms with van der Waals surface area (Å²) in [6.45, 7) is 3.73. The number of amides is 1. The number of nitrogens with one attached hydrogen (secondary N) is 1. The highest BCUT2D eigenvalue weighted by Gasteiger charge is 2.43. The van der Waals surface area contributed by atoms with Gasteiger partial charge >= 0.3 is 17.6 Å². The summed E-state index contributed by atoms with van der Waals surface area (Å²) in [5.74, 6) is -1.41. The average Bonchev–Trinajstić information content (AvgIpc) is 2.87. The summed E-state index contributed by atoms with van der Waals surface area (Å²) in [7, 11) is 0. The molecule has 0 aliphatic carbocycles. The highest BCUT2D eigenvalue weighted by Crippen LogP contribution is 2.29. The third-order valence-electron chi connectivity index (χ3n) is 3.43. The molecule has 1 fully saturated rings. The van der Waals surface area contributed by atoms with E-state index in [1.54, 1.807) is 0 Å². The van der Waals surface area contributed by atoms with Crippen molar-refractivity contribution < 1.29 is 28.6 Å². The number of hydrogen-bond acceptors (Lipinski definition) is 8. The highest BCUT2D eigenvalue weighted by molar-refractivity contribution is 5.91. The van der Waals surface area contributed by atoms with Crippen molar-refractivity contribution in [3.05, 3.63) is 22.7 Å². The van der Waals surface area contributed by atoms with Crippen molar-refractivity contribution in [1.29, 1.82) is 0 Å². The zero-order valence-corrected chi connectivity index (χ0v) is 14.1. The van der Waals surface area contributed by atoms with E-state index < -0.39 is 42.0 Å². The fourth-order valence-corrected chi connectivity index (χ4v) is 2.55. The molecule has 0 saturated carbocycles. The Morgan fingerprint density at radius 3 is 2.60 bits per heavy atom. The third-order valence-corrected chi connectivity index (χ3v) is 3.43. The van der Waals surface area contributed by atoms with Crippen molar-refractivity contribution in [2.75, 3.05) is 11.5 Å². The topological polar surface area (TPSA) is 128 Å². The van der Waals surface area contributed by atoms with Gasteiger partial charge in [0.2, 0.25) is 5.91 Å². The van der Waals surface area contributed by atoms with Crippen LogP contribution in [0.1, 0.15) is 27.2 Å². The molecule has 0 aromatic carbocycles. The van der Waals surface area contributed by atoms with Crippen LogP contribution >= 0.6 is 0 Å². The molecule has 0 spiro atoms. The van der Waals surface area contributed by atoms with Gasteiger partial charge in [0, 0.05) is 33.4 Å². The number of esters is 2. The minimum Gasteiger partial charge on any atom is -0.463 e. The molecular formula is C15H19N3O7. The maximum Gasteiger partial charge on any atom is 0.346 e. The van der Waals surface area contributed by atoms with E-state index in [0.717, 1.165) is 4.90 Å². The first-order valence-electron chi connectivity index (χ1n) is 7.59. The molecule has 1 aromatic heterocycles. The number of anilines is 1. The molecule has 1 saturated heterocycles. The Morgan fingerprint density at radius 2 is 2.04 bits per heavy atom. The lowest BCUT2D eigenvalue weighted by Crippen LogP contribution is -2.47. The van der Waals surface area contributed by atoms with Crippen LogP contribution < -0.4 is 10.6 Å². The Labute approximate surface area is 143 Å². The monoisotopic (exact) mass is 353 g/mol. The fourth-order valence-electron chi connectivity index (χ4n) is 2.55. The molecule has 0 bridgehead atoms. The normalized spacial score (nSPS) is 22.3. The predicted octanol–water partition coefficient (Wildman–Crippen LogP) is -0.267. The maximum atomic E-state index is 12.1. The van der Waals surface area contributed by atoms with Crippen LogP contribution in [0.25, 0.3) is 0 Å². The van der Waals surface area contributed by atoms with Crippen molar-refractivity contribution >= 4 is 23.7 Å². The molecule has 0 unspecified atom stereocenters. The van der Waals surface area contributed by atoms with Crippen molar-refractivity contribution in [3.8, 4) is 0 Å². The summed E-state index contributed by atoms with van der Waals surface area (Å²) in [5, 5.41) is 0. The van der Waals surface area contributed by atoms with Crippen LogP contribution in [0.4, 0.5) is 5.82 Å². The molecule has 136 valence electrons. The van der Waals surface area contributed by atoms with Crippen LogP contribution in [-0.2, 0) is 28.6 Å². The molecule has 1 aliphatic heterocycles. The zero-order valence-electron chi connectivity index (χ0n) is 14.1. The molecular weight excluding hydrogens is 334 g/mol. The number of aromatic amines is 1. The van der Waals surface area contributed by atoms with Crippen molar-refractivity contribution in [2.24, 2.45) is 0 Å². The largest absolute Gasteiger partial charge is 0.463 e. The van der Waals surface area contributed by atoms with Gasteiger partial charge in [0.15, 0.2) is 6.23 Å². The van der Waals surface area contributed by atoms with E-state index in [0.29, 0.717) is 0 Å². The number of carbonyl (C=O) groups excluding carboxylic acids is 3. The minimum absolute atomic E-state index is 0.0435. The first-order valence-corrected chi connectivity index (χ1v) is 7.59. The van der Waals surface area contributed by atoms with Crippen molar-refractivity contribution in [3.63, 3.8) is 0 Å². The lowest BCUT2D eigenvalue weighted by Gasteiger charge is -2.29. The second-order valence-electron chi connectivity index (χ2n) is 5.48. The molecule has 10 nitrogen and oxygen atoms in total. The van der Waals surface area contributed by atoms with Gasteiger partial charge in [-0.05, 0) is 6.07 Å². The first kappa shape index (κ1) is 18.6. The lowest BCUT2D eigenvalue weighted by molar-refractivity contribution is -0.150. The molecule has 0 radical (unpaired) electrons. The Kier molecular flexibility index (Phi) is 5.86. The maximum absolute atomic E-state index is 12.1. The fraction of sp³-hybridized carbons (Fsp3) is 0.533. The average molecular weight is 353 g/mol. The van der Waals surface area contributed by atoms with Crippen molar-refractivity contribution in [2.45, 2.75) is 45.6 Å². The van der Waals surface area contributed by atoms with Crippen LogP contribution in [0.2, 0.25) is 0 Å². The van der Waals surface area contributed by atoms with E-state index in [1.165, 1.54) is 33.0 Å². The van der Waals surface area contributed by atoms with Crippen LogP contribution in [0.15, 0.2) is 17.1 Å². The third kappa shape index (κ3) is 4.86. The number of aromatic nitrogens is 2. The summed E-state index contributed by atoms with van der Waals surface area (Å²) in [6, 6.07) is 1.43. The molecule has 10 heteroatoms. The zero-order chi connectivity index (χ0) is 18.6. The van der Waals surface area contributed by atoms with Gasteiger partial charge in [-0.15, -0.1) is 0 Å². The molecule has 25 heavy (non-hydrogen) atoms. The van der Waals surface area contributed by atoms with Gasteiger partial charge in [0.25, 0.3) is 0 Å². The minimum atomic E-state index is -0.990. The Morgan fingerprint density at radius 1 is 1.32 bits per heavy atom. The smallest absolute Gasteiger partial charge is 0.346 e. The van der Waals surface area contributed by atoms with E-state index in [4.69, 9.17) is 14.2 Å². The second kappa shape index (κ2) is 7.88. The van der Waals surface area contributed by atoms with Gasteiger partial charge in [-0.25, -0.2) is 4.79 Å². The second-order valence-corrected chi connectivity index (χ2v) is 5.48. The molecule has 2 rings (SSSR count). The summed E-state index contributed by atoms with van der Waals surface area (Å²) in [5.41, 5.74) is -0.637. The van der Waals surface area contributed by atoms with E-state index in [9.17, 15) is 19.2 Å². The van der Waals surface area contributed by atoms with Crippen LogP contribution in [0, 0.1) is 0 Å². The van der Waals surface area contributed by atoms with Gasteiger partial charge in [-0.1, -0.05) is 0 Å². The number of carbonyl (C=O) groups is 3. The van der Waals surface area contributed by atoms with E-state index >= 15 is 0 Å². The van der Waals surface area contributed by atoms with Gasteiger partial charge in [0.05, 0.1) is 6.10 Å². The predicted molar refractivity (Wildman–Crippen MR) is 83.5 cm³/mol. The molecule has 1 N–H and O–H groups in total. The molecule has 1 aliphatic rings. The first-order chi connectivity index (χ1) is 11.8. The quantitative estimate of drug-likeness (QED) is 0.717. The lowest BCUT2D eigenvalue weighted by atomic mass is 10.2. The molecule has 1 amide bonds. The van der Waals surface area contributed by atoms with Crippen LogP contribution in [0.5, 0.6) is 0 Å². The molecule has 3 atom stereocenters. The Balaban J connectivity index is 2.28. The summed E-state index contributed by atoms with van der Waals surface area (Å²) >= 11 is 0. The van der Waals surface area contributed by atoms with Gasteiger partial charge in [-0.3, -0.25) is 19.3 Å². The standard InChI is InChI=1S/C15H19N3O7/c1-8(19)18(13-4-5-16-15(22)17-13)14-12(24-10(3)21)6-11(25-14)7-23-9(2)20/h4-5,11-12,14H,6-7H2,1-3H3,(H,16,17,22)/t11-,12+,14+/m0/s1. The summed E-state index contributed by atoms with van der Waals surface area (Å²) in [4.78, 5) is 53.1. The number of H-pyrrole nitrogens is 1. The van der Waals surface area contributed by atoms with Gasteiger partial charge < -0.3 is 19.2 Å². The molecule has 2 heterocycles. The Hall–Kier alpha value is -2.75. The summed E-state index contributed by atoms with van der Waals surface area (Å²) < 4.78 is 15.9. The SMILES string of the molecule is CC(=O)OC[C@@H]1C[C@@H](OC(C)=O)[C@H](N(C(C)=O)c2cc[nH]c(=O)n2)O1. The van der Waals surface area contributed by atoms with E-state index in [2.05, 4.69) is 9.97 Å². The number of nitrogens with zero attached hydrogens (tertiary/aromatic N) is 2.